The van der Waals surface area contributed by atoms with Gasteiger partial charge in [0, 0.05) is 37.3 Å². The summed E-state index contributed by atoms with van der Waals surface area (Å²) in [6.45, 7) is 3.98. The third kappa shape index (κ3) is 7.58. The van der Waals surface area contributed by atoms with Crippen LogP contribution in [0.3, 0.4) is 0 Å². The Labute approximate surface area is 226 Å². The van der Waals surface area contributed by atoms with Gasteiger partial charge in [-0.3, -0.25) is 0 Å². The van der Waals surface area contributed by atoms with Gasteiger partial charge in [-0.25, -0.2) is 24.1 Å². The van der Waals surface area contributed by atoms with E-state index in [1.54, 1.807) is 11.3 Å². The second-order valence-corrected chi connectivity index (χ2v) is 11.0. The number of aliphatic carboxylic acids is 1. The molecule has 0 saturated heterocycles. The number of carboxylic acids is 1. The van der Waals surface area contributed by atoms with Crippen molar-refractivity contribution in [1.82, 2.24) is 19.9 Å². The van der Waals surface area contributed by atoms with Crippen molar-refractivity contribution < 1.29 is 19.0 Å². The molecule has 3 N–H and O–H groups in total. The number of aryl methyl sites for hydroxylation is 3. The molecule has 0 aliphatic carbocycles. The van der Waals surface area contributed by atoms with Crippen LogP contribution in [0.5, 0.6) is 0 Å². The minimum Gasteiger partial charge on any atom is -0.480 e. The van der Waals surface area contributed by atoms with E-state index in [-0.39, 0.29) is 0 Å². The molecule has 4 rings (SSSR count). The molecular weight excluding hydrogens is 507 g/mol. The summed E-state index contributed by atoms with van der Waals surface area (Å²) in [7, 11) is 1.50. The van der Waals surface area contributed by atoms with Gasteiger partial charge in [0.2, 0.25) is 0 Å². The molecule has 2 atom stereocenters. The quantitative estimate of drug-likeness (QED) is 0.241. The Morgan fingerprint density at radius 3 is 2.97 bits per heavy atom. The molecule has 0 spiro atoms. The lowest BCUT2D eigenvalue weighted by atomic mass is 10.1. The lowest BCUT2D eigenvalue weighted by Gasteiger charge is -2.27. The zero-order valence-electron chi connectivity index (χ0n) is 22.1. The fraction of sp³-hybridized carbons (Fsp3) is 0.556. The predicted molar refractivity (Wildman–Crippen MR) is 149 cm³/mol. The van der Waals surface area contributed by atoms with Crippen molar-refractivity contribution in [2.24, 2.45) is 0 Å². The number of halogens is 1. The molecule has 0 radical (unpaired) electrons. The van der Waals surface area contributed by atoms with Gasteiger partial charge in [-0.05, 0) is 69.7 Å². The number of carbonyl (C=O) groups is 1. The number of alkyl halides is 1. The van der Waals surface area contributed by atoms with E-state index in [4.69, 9.17) is 9.72 Å². The summed E-state index contributed by atoms with van der Waals surface area (Å²) in [6, 6.07) is 5.40. The predicted octanol–water partition coefficient (Wildman–Crippen LogP) is 4.32. The molecule has 1 unspecified atom stereocenters. The van der Waals surface area contributed by atoms with Crippen molar-refractivity contribution >= 4 is 39.2 Å². The van der Waals surface area contributed by atoms with Crippen molar-refractivity contribution in [2.75, 3.05) is 50.6 Å². The van der Waals surface area contributed by atoms with Gasteiger partial charge in [-0.1, -0.05) is 6.07 Å². The van der Waals surface area contributed by atoms with Crippen molar-refractivity contribution in [2.45, 2.75) is 57.6 Å². The first-order chi connectivity index (χ1) is 18.5. The summed E-state index contributed by atoms with van der Waals surface area (Å²) in [5.41, 5.74) is 2.35. The van der Waals surface area contributed by atoms with Crippen LogP contribution in [0.1, 0.15) is 41.8 Å². The second-order valence-electron chi connectivity index (χ2n) is 9.73. The highest BCUT2D eigenvalue weighted by atomic mass is 32.1. The highest BCUT2D eigenvalue weighted by molar-refractivity contribution is 7.18. The molecule has 0 amide bonds. The molecule has 3 aromatic rings. The van der Waals surface area contributed by atoms with Gasteiger partial charge in [0.25, 0.3) is 0 Å². The molecule has 11 heteroatoms. The van der Waals surface area contributed by atoms with Gasteiger partial charge in [-0.2, -0.15) is 0 Å². The van der Waals surface area contributed by atoms with Gasteiger partial charge in [0.05, 0.1) is 11.5 Å². The third-order valence-electron chi connectivity index (χ3n) is 6.87. The van der Waals surface area contributed by atoms with Gasteiger partial charge in [0.15, 0.2) is 0 Å². The molecule has 38 heavy (non-hydrogen) atoms. The van der Waals surface area contributed by atoms with E-state index in [1.165, 1.54) is 19.0 Å². The van der Waals surface area contributed by atoms with Crippen LogP contribution in [0.25, 0.3) is 10.2 Å². The molecule has 0 saturated carbocycles. The first-order valence-corrected chi connectivity index (χ1v) is 14.0. The number of unbranched alkanes of at least 4 members (excludes halogenated alkanes) is 1. The zero-order chi connectivity index (χ0) is 26.9. The minimum absolute atomic E-state index is 0.338. The molecule has 0 bridgehead atoms. The van der Waals surface area contributed by atoms with Crippen LogP contribution < -0.4 is 10.6 Å². The fourth-order valence-electron chi connectivity index (χ4n) is 4.74. The number of rotatable bonds is 15. The monoisotopic (exact) mass is 544 g/mol. The van der Waals surface area contributed by atoms with E-state index in [9.17, 15) is 14.3 Å². The standard InChI is InChI=1S/C27H37FN6O3S/c1-18-14-22-25(30-17-31-26(22)38-18)33-23(27(35)36)10-13-34(16-21(15-28)37-2)12-4-3-7-20-9-8-19-6-5-11-29-24(19)32-20/h8-9,14,17,21,23H,3-7,10-13,15-16H2,1-2H3,(H,29,32)(H,35,36)(H,30,31,33)/t21-,23?/m1/s1. The topological polar surface area (TPSA) is 113 Å². The van der Waals surface area contributed by atoms with Crippen LogP contribution in [0.2, 0.25) is 0 Å². The molecule has 0 aromatic carbocycles. The lowest BCUT2D eigenvalue weighted by molar-refractivity contribution is -0.138. The average Bonchev–Trinajstić information content (AvgIpc) is 3.32. The molecule has 1 aliphatic rings. The van der Waals surface area contributed by atoms with E-state index in [1.807, 2.05) is 13.0 Å². The van der Waals surface area contributed by atoms with Crippen LogP contribution in [-0.2, 0) is 22.4 Å². The molecule has 1 aliphatic heterocycles. The largest absolute Gasteiger partial charge is 0.480 e. The molecule has 9 nitrogen and oxygen atoms in total. The van der Waals surface area contributed by atoms with Gasteiger partial charge in [-0.15, -0.1) is 11.3 Å². The van der Waals surface area contributed by atoms with Crippen molar-refractivity contribution in [3.63, 3.8) is 0 Å². The number of hydrogen-bond acceptors (Lipinski definition) is 9. The Morgan fingerprint density at radius 1 is 1.32 bits per heavy atom. The summed E-state index contributed by atoms with van der Waals surface area (Å²) in [4.78, 5) is 29.4. The summed E-state index contributed by atoms with van der Waals surface area (Å²) < 4.78 is 18.7. The van der Waals surface area contributed by atoms with Crippen LogP contribution >= 0.6 is 11.3 Å². The number of pyridine rings is 1. The lowest BCUT2D eigenvalue weighted by Crippen LogP contribution is -2.39. The van der Waals surface area contributed by atoms with Crippen molar-refractivity contribution in [3.05, 3.63) is 40.7 Å². The normalized spacial score (nSPS) is 14.7. The van der Waals surface area contributed by atoms with E-state index in [0.29, 0.717) is 25.3 Å². The molecule has 0 fully saturated rings. The van der Waals surface area contributed by atoms with E-state index in [2.05, 4.69) is 37.6 Å². The number of hydrogen-bond donors (Lipinski definition) is 3. The number of aromatic nitrogens is 3. The number of nitrogens with one attached hydrogen (secondary N) is 2. The Bertz CT molecular complexity index is 1200. The molecule has 4 heterocycles. The van der Waals surface area contributed by atoms with Crippen LogP contribution in [-0.4, -0.2) is 83.0 Å². The first kappa shape index (κ1) is 28.1. The summed E-state index contributed by atoms with van der Waals surface area (Å²) in [5.74, 6) is 0.570. The fourth-order valence-corrected chi connectivity index (χ4v) is 5.59. The minimum atomic E-state index is -0.954. The maximum Gasteiger partial charge on any atom is 0.326 e. The third-order valence-corrected chi connectivity index (χ3v) is 7.83. The highest BCUT2D eigenvalue weighted by Gasteiger charge is 2.22. The summed E-state index contributed by atoms with van der Waals surface area (Å²) in [5, 5.41) is 17.2. The number of nitrogens with zero attached hydrogens (tertiary/aromatic N) is 4. The molecule has 3 aromatic heterocycles. The van der Waals surface area contributed by atoms with Gasteiger partial charge in [0.1, 0.15) is 35.5 Å². The maximum atomic E-state index is 13.4. The summed E-state index contributed by atoms with van der Waals surface area (Å²) >= 11 is 1.54. The van der Waals surface area contributed by atoms with Gasteiger partial charge < -0.3 is 25.4 Å². The smallest absolute Gasteiger partial charge is 0.326 e. The Kier molecular flexibility index (Phi) is 10.2. The van der Waals surface area contributed by atoms with Crippen molar-refractivity contribution in [3.8, 4) is 0 Å². The van der Waals surface area contributed by atoms with Crippen molar-refractivity contribution in [1.29, 1.82) is 0 Å². The Hall–Kier alpha value is -2.89. The number of ether oxygens (including phenoxy) is 1. The number of thiophene rings is 1. The van der Waals surface area contributed by atoms with E-state index >= 15 is 0 Å². The van der Waals surface area contributed by atoms with E-state index in [0.717, 1.165) is 71.8 Å². The SMILES string of the molecule is CO[C@H](CF)CN(CCCCc1ccc2c(n1)NCCC2)CCC(Nc1ncnc2sc(C)cc12)C(=O)O. The zero-order valence-corrected chi connectivity index (χ0v) is 22.9. The van der Waals surface area contributed by atoms with Crippen LogP contribution in [0.15, 0.2) is 24.5 Å². The molecule has 206 valence electrons. The van der Waals surface area contributed by atoms with Gasteiger partial charge >= 0.3 is 5.97 Å². The van der Waals surface area contributed by atoms with E-state index < -0.39 is 24.8 Å². The number of anilines is 2. The van der Waals surface area contributed by atoms with Crippen LogP contribution in [0, 0.1) is 6.92 Å². The Balaban J connectivity index is 1.33. The maximum absolute atomic E-state index is 13.4. The number of carboxylic acid groups (broad SMARTS) is 1. The molecular formula is C27H37FN6O3S. The number of methoxy groups -OCH3 is 1. The van der Waals surface area contributed by atoms with Crippen LogP contribution in [0.4, 0.5) is 16.0 Å². The first-order valence-electron chi connectivity index (χ1n) is 13.2. The highest BCUT2D eigenvalue weighted by Crippen LogP contribution is 2.28. The second kappa shape index (κ2) is 13.8. The summed E-state index contributed by atoms with van der Waals surface area (Å²) in [6.07, 6.45) is 6.14. The number of fused-ring (bicyclic) bond motifs is 2. The Morgan fingerprint density at radius 2 is 2.18 bits per heavy atom. The average molecular weight is 545 g/mol.